The van der Waals surface area contributed by atoms with Crippen molar-refractivity contribution in [3.63, 3.8) is 0 Å². The molecule has 1 atom stereocenters. The van der Waals surface area contributed by atoms with Gasteiger partial charge in [-0.05, 0) is 35.7 Å². The second-order valence-electron chi connectivity index (χ2n) is 7.08. The van der Waals surface area contributed by atoms with Crippen LogP contribution in [0.25, 0.3) is 0 Å². The monoisotopic (exact) mass is 384 g/mol. The fourth-order valence-corrected chi connectivity index (χ4v) is 5.52. The number of carbonyl (C=O) groups is 2. The normalized spacial score (nSPS) is 21.2. The van der Waals surface area contributed by atoms with Gasteiger partial charge in [0.1, 0.15) is 0 Å². The van der Waals surface area contributed by atoms with Crippen LogP contribution in [0.15, 0.2) is 48.5 Å². The van der Waals surface area contributed by atoms with Crippen molar-refractivity contribution in [2.45, 2.75) is 19.9 Å². The molecule has 0 aromatic heterocycles. The molecule has 2 aromatic carbocycles. The lowest BCUT2D eigenvalue weighted by molar-refractivity contribution is -0.119. The highest BCUT2D eigenvalue weighted by Gasteiger charge is 2.42. The SMILES string of the molecule is CC1CS(=O)(=O)N(c2cccc(C(=O)N3CCc4ccccc4C3)c2)C1=O. The Morgan fingerprint density at radius 2 is 1.81 bits per heavy atom. The highest BCUT2D eigenvalue weighted by atomic mass is 32.2. The summed E-state index contributed by atoms with van der Waals surface area (Å²) >= 11 is 0. The van der Waals surface area contributed by atoms with Crippen molar-refractivity contribution in [3.05, 3.63) is 65.2 Å². The van der Waals surface area contributed by atoms with Gasteiger partial charge in [-0.2, -0.15) is 0 Å². The van der Waals surface area contributed by atoms with Crippen molar-refractivity contribution in [2.24, 2.45) is 5.92 Å². The van der Waals surface area contributed by atoms with Crippen LogP contribution in [0.3, 0.4) is 0 Å². The quantitative estimate of drug-likeness (QED) is 0.796. The summed E-state index contributed by atoms with van der Waals surface area (Å²) in [4.78, 5) is 27.0. The van der Waals surface area contributed by atoms with Crippen molar-refractivity contribution in [2.75, 3.05) is 16.6 Å². The fourth-order valence-electron chi connectivity index (χ4n) is 3.70. The highest BCUT2D eigenvalue weighted by Crippen LogP contribution is 2.29. The fraction of sp³-hybridized carbons (Fsp3) is 0.300. The third kappa shape index (κ3) is 3.12. The topological polar surface area (TPSA) is 74.8 Å². The van der Waals surface area contributed by atoms with E-state index in [9.17, 15) is 18.0 Å². The van der Waals surface area contributed by atoms with Gasteiger partial charge in [0.15, 0.2) is 0 Å². The third-order valence-corrected chi connectivity index (χ3v) is 6.97. The summed E-state index contributed by atoms with van der Waals surface area (Å²) < 4.78 is 25.5. The van der Waals surface area contributed by atoms with Crippen molar-refractivity contribution in [3.8, 4) is 0 Å². The summed E-state index contributed by atoms with van der Waals surface area (Å²) in [6.07, 6.45) is 0.790. The molecule has 7 heteroatoms. The molecule has 2 aliphatic rings. The molecule has 2 heterocycles. The zero-order valence-corrected chi connectivity index (χ0v) is 15.8. The Labute approximate surface area is 158 Å². The van der Waals surface area contributed by atoms with Crippen LogP contribution in [0, 0.1) is 5.92 Å². The van der Waals surface area contributed by atoms with Gasteiger partial charge in [-0.3, -0.25) is 9.59 Å². The zero-order valence-electron chi connectivity index (χ0n) is 15.0. The highest BCUT2D eigenvalue weighted by molar-refractivity contribution is 7.94. The van der Waals surface area contributed by atoms with Crippen molar-refractivity contribution in [1.29, 1.82) is 0 Å². The molecule has 1 unspecified atom stereocenters. The minimum Gasteiger partial charge on any atom is -0.334 e. The maximum absolute atomic E-state index is 13.0. The number of nitrogens with zero attached hydrogens (tertiary/aromatic N) is 2. The maximum Gasteiger partial charge on any atom is 0.254 e. The summed E-state index contributed by atoms with van der Waals surface area (Å²) in [7, 11) is -3.69. The first-order valence-corrected chi connectivity index (χ1v) is 10.5. The first-order chi connectivity index (χ1) is 12.9. The first kappa shape index (κ1) is 17.7. The summed E-state index contributed by atoms with van der Waals surface area (Å²) in [5, 5.41) is 0. The minimum atomic E-state index is -3.69. The molecule has 4 rings (SSSR count). The molecule has 0 saturated carbocycles. The van der Waals surface area contributed by atoms with Gasteiger partial charge in [-0.25, -0.2) is 12.7 Å². The van der Waals surface area contributed by atoms with Crippen LogP contribution in [-0.4, -0.2) is 37.4 Å². The van der Waals surface area contributed by atoms with E-state index in [1.807, 2.05) is 18.2 Å². The molecule has 0 N–H and O–H groups in total. The van der Waals surface area contributed by atoms with Gasteiger partial charge in [0.2, 0.25) is 15.9 Å². The molecule has 6 nitrogen and oxygen atoms in total. The first-order valence-electron chi connectivity index (χ1n) is 8.90. The molecule has 1 fully saturated rings. The van der Waals surface area contributed by atoms with Crippen LogP contribution in [0.4, 0.5) is 5.69 Å². The second kappa shape index (κ2) is 6.49. The van der Waals surface area contributed by atoms with Crippen LogP contribution in [0.5, 0.6) is 0 Å². The van der Waals surface area contributed by atoms with Crippen molar-refractivity contribution < 1.29 is 18.0 Å². The Kier molecular flexibility index (Phi) is 4.26. The summed E-state index contributed by atoms with van der Waals surface area (Å²) in [6.45, 7) is 2.73. The van der Waals surface area contributed by atoms with Gasteiger partial charge in [0.25, 0.3) is 5.91 Å². The van der Waals surface area contributed by atoms with Gasteiger partial charge < -0.3 is 4.90 Å². The lowest BCUT2D eigenvalue weighted by Gasteiger charge is -2.29. The molecule has 2 aliphatic heterocycles. The van der Waals surface area contributed by atoms with Crippen molar-refractivity contribution in [1.82, 2.24) is 4.90 Å². The van der Waals surface area contributed by atoms with Gasteiger partial charge in [0.05, 0.1) is 17.4 Å². The molecule has 140 valence electrons. The van der Waals surface area contributed by atoms with Gasteiger partial charge in [-0.1, -0.05) is 37.3 Å². The number of carbonyl (C=O) groups excluding carboxylic acids is 2. The van der Waals surface area contributed by atoms with E-state index < -0.39 is 21.8 Å². The van der Waals surface area contributed by atoms with E-state index in [1.165, 1.54) is 11.6 Å². The van der Waals surface area contributed by atoms with Crippen LogP contribution in [-0.2, 0) is 27.8 Å². The Bertz CT molecular complexity index is 1030. The zero-order chi connectivity index (χ0) is 19.2. The molecule has 27 heavy (non-hydrogen) atoms. The number of hydrogen-bond donors (Lipinski definition) is 0. The Balaban J connectivity index is 1.62. The van der Waals surface area contributed by atoms with E-state index in [4.69, 9.17) is 0 Å². The molecule has 0 spiro atoms. The number of amides is 2. The predicted octanol–water partition coefficient (Wildman–Crippen LogP) is 2.20. The van der Waals surface area contributed by atoms with Gasteiger partial charge in [0, 0.05) is 18.7 Å². The number of rotatable bonds is 2. The molecule has 2 amide bonds. The van der Waals surface area contributed by atoms with E-state index in [1.54, 1.807) is 30.0 Å². The molecule has 0 bridgehead atoms. The smallest absolute Gasteiger partial charge is 0.254 e. The van der Waals surface area contributed by atoms with Crippen molar-refractivity contribution >= 4 is 27.5 Å². The summed E-state index contributed by atoms with van der Waals surface area (Å²) in [6, 6.07) is 14.4. The van der Waals surface area contributed by atoms with Gasteiger partial charge >= 0.3 is 0 Å². The van der Waals surface area contributed by atoms with Gasteiger partial charge in [-0.15, -0.1) is 0 Å². The average Bonchev–Trinajstić information content (AvgIpc) is 2.87. The number of anilines is 1. The molecular weight excluding hydrogens is 364 g/mol. The van der Waals surface area contributed by atoms with Crippen LogP contribution < -0.4 is 4.31 Å². The standard InChI is InChI=1S/C20H20N2O4S/c1-14-13-27(25,26)22(19(14)23)18-8-4-7-16(11-18)20(24)21-10-9-15-5-2-3-6-17(15)12-21/h2-8,11,14H,9-10,12-13H2,1H3. The molecular formula is C20H20N2O4S. The lowest BCUT2D eigenvalue weighted by Crippen LogP contribution is -2.36. The van der Waals surface area contributed by atoms with E-state index in [-0.39, 0.29) is 17.3 Å². The number of hydrogen-bond acceptors (Lipinski definition) is 4. The lowest BCUT2D eigenvalue weighted by atomic mass is 9.99. The third-order valence-electron chi connectivity index (χ3n) is 5.11. The van der Waals surface area contributed by atoms with Crippen LogP contribution >= 0.6 is 0 Å². The second-order valence-corrected chi connectivity index (χ2v) is 8.94. The van der Waals surface area contributed by atoms with E-state index >= 15 is 0 Å². The predicted molar refractivity (Wildman–Crippen MR) is 102 cm³/mol. The number of fused-ring (bicyclic) bond motifs is 1. The molecule has 0 radical (unpaired) electrons. The minimum absolute atomic E-state index is 0.163. The Hall–Kier alpha value is -2.67. The Morgan fingerprint density at radius 3 is 2.52 bits per heavy atom. The molecule has 0 aliphatic carbocycles. The van der Waals surface area contributed by atoms with E-state index in [0.717, 1.165) is 16.3 Å². The molecule has 1 saturated heterocycles. The number of sulfonamides is 1. The Morgan fingerprint density at radius 1 is 1.07 bits per heavy atom. The molecule has 2 aromatic rings. The average molecular weight is 384 g/mol. The largest absolute Gasteiger partial charge is 0.334 e. The number of benzene rings is 2. The summed E-state index contributed by atoms with van der Waals surface area (Å²) in [5.41, 5.74) is 2.99. The van der Waals surface area contributed by atoms with Crippen LogP contribution in [0.2, 0.25) is 0 Å². The summed E-state index contributed by atoms with van der Waals surface area (Å²) in [5.74, 6) is -1.39. The van der Waals surface area contributed by atoms with E-state index in [0.29, 0.717) is 18.7 Å². The maximum atomic E-state index is 13.0. The van der Waals surface area contributed by atoms with Crippen LogP contribution in [0.1, 0.15) is 28.4 Å². The van der Waals surface area contributed by atoms with E-state index in [2.05, 4.69) is 6.07 Å².